The fourth-order valence-electron chi connectivity index (χ4n) is 3.21. The van der Waals surface area contributed by atoms with Crippen LogP contribution in [0.2, 0.25) is 5.02 Å². The normalized spacial score (nSPS) is 27.2. The molecular weight excluding hydrogens is 331 g/mol. The van der Waals surface area contributed by atoms with Gasteiger partial charge in [-0.05, 0) is 25.0 Å². The standard InChI is InChI=1S/C17H22ClFN4O/c1-20-17(21-10-6-7-15(24)23(2)9-10)22-14-8-11(14)16-12(18)4-3-5-13(16)19/h3-5,10-11,14H,6-9H2,1-2H3,(H2,20,21,22). The lowest BCUT2D eigenvalue weighted by Crippen LogP contribution is -2.52. The van der Waals surface area contributed by atoms with E-state index in [-0.39, 0.29) is 29.7 Å². The molecule has 1 heterocycles. The van der Waals surface area contributed by atoms with Gasteiger partial charge >= 0.3 is 0 Å². The first-order valence-corrected chi connectivity index (χ1v) is 8.55. The second-order valence-electron chi connectivity index (χ2n) is 6.45. The summed E-state index contributed by atoms with van der Waals surface area (Å²) in [6, 6.07) is 5.07. The van der Waals surface area contributed by atoms with Crippen LogP contribution in [-0.2, 0) is 4.79 Å². The molecule has 3 rings (SSSR count). The summed E-state index contributed by atoms with van der Waals surface area (Å²) in [5.41, 5.74) is 0.579. The molecule has 130 valence electrons. The van der Waals surface area contributed by atoms with Crippen LogP contribution in [0.5, 0.6) is 0 Å². The number of rotatable bonds is 3. The van der Waals surface area contributed by atoms with Gasteiger partial charge in [-0.15, -0.1) is 0 Å². The highest BCUT2D eigenvalue weighted by Crippen LogP contribution is 2.44. The molecule has 1 saturated carbocycles. The maximum Gasteiger partial charge on any atom is 0.222 e. The molecule has 2 aliphatic rings. The molecule has 7 heteroatoms. The lowest BCUT2D eigenvalue weighted by atomic mass is 10.1. The molecule has 1 saturated heterocycles. The van der Waals surface area contributed by atoms with E-state index in [9.17, 15) is 9.18 Å². The Balaban J connectivity index is 1.57. The number of amides is 1. The van der Waals surface area contributed by atoms with Crippen LogP contribution in [-0.4, -0.2) is 49.5 Å². The molecule has 0 bridgehead atoms. The van der Waals surface area contributed by atoms with E-state index >= 15 is 0 Å². The molecule has 1 aliphatic heterocycles. The number of benzene rings is 1. The van der Waals surface area contributed by atoms with Gasteiger partial charge in [0.1, 0.15) is 5.82 Å². The Morgan fingerprint density at radius 3 is 2.88 bits per heavy atom. The van der Waals surface area contributed by atoms with E-state index in [1.54, 1.807) is 24.1 Å². The molecule has 0 radical (unpaired) electrons. The monoisotopic (exact) mass is 352 g/mol. The van der Waals surface area contributed by atoms with Crippen molar-refractivity contribution in [3.05, 3.63) is 34.6 Å². The third-order valence-electron chi connectivity index (χ3n) is 4.67. The minimum absolute atomic E-state index is 0.0628. The molecule has 1 amide bonds. The topological polar surface area (TPSA) is 56.7 Å². The zero-order valence-electron chi connectivity index (χ0n) is 13.9. The molecule has 1 aromatic carbocycles. The number of likely N-dealkylation sites (tertiary alicyclic amines) is 1. The van der Waals surface area contributed by atoms with Crippen molar-refractivity contribution in [1.82, 2.24) is 15.5 Å². The predicted octanol–water partition coefficient (Wildman–Crippen LogP) is 2.12. The predicted molar refractivity (Wildman–Crippen MR) is 92.8 cm³/mol. The number of nitrogens with zero attached hydrogens (tertiary/aromatic N) is 2. The number of hydrogen-bond donors (Lipinski definition) is 2. The molecule has 1 aromatic rings. The van der Waals surface area contributed by atoms with E-state index in [1.807, 2.05) is 7.05 Å². The Morgan fingerprint density at radius 2 is 2.21 bits per heavy atom. The van der Waals surface area contributed by atoms with Gasteiger partial charge in [0.2, 0.25) is 5.91 Å². The van der Waals surface area contributed by atoms with Crippen LogP contribution >= 0.6 is 11.6 Å². The van der Waals surface area contributed by atoms with Crippen LogP contribution in [0, 0.1) is 5.82 Å². The number of carbonyl (C=O) groups is 1. The molecule has 2 fully saturated rings. The number of piperidine rings is 1. The van der Waals surface area contributed by atoms with E-state index in [4.69, 9.17) is 11.6 Å². The Kier molecular flexibility index (Phi) is 4.94. The average Bonchev–Trinajstić information content (AvgIpc) is 3.29. The largest absolute Gasteiger partial charge is 0.353 e. The highest BCUT2D eigenvalue weighted by Gasteiger charge is 2.42. The summed E-state index contributed by atoms with van der Waals surface area (Å²) >= 11 is 6.13. The van der Waals surface area contributed by atoms with E-state index in [2.05, 4.69) is 15.6 Å². The van der Waals surface area contributed by atoms with Gasteiger partial charge in [0.25, 0.3) is 0 Å². The van der Waals surface area contributed by atoms with E-state index in [0.29, 0.717) is 29.5 Å². The fourth-order valence-corrected chi connectivity index (χ4v) is 3.51. The van der Waals surface area contributed by atoms with Gasteiger partial charge in [-0.1, -0.05) is 17.7 Å². The minimum atomic E-state index is -0.257. The van der Waals surface area contributed by atoms with Crippen LogP contribution in [0.15, 0.2) is 23.2 Å². The van der Waals surface area contributed by atoms with Crippen molar-refractivity contribution in [2.45, 2.75) is 37.3 Å². The molecule has 0 aromatic heterocycles. The van der Waals surface area contributed by atoms with Crippen molar-refractivity contribution in [2.24, 2.45) is 4.99 Å². The maximum atomic E-state index is 14.0. The molecule has 3 unspecified atom stereocenters. The summed E-state index contributed by atoms with van der Waals surface area (Å²) < 4.78 is 14.0. The quantitative estimate of drug-likeness (QED) is 0.647. The summed E-state index contributed by atoms with van der Waals surface area (Å²) in [6.45, 7) is 0.659. The summed E-state index contributed by atoms with van der Waals surface area (Å²) in [6.07, 6.45) is 2.16. The number of halogens is 2. The molecule has 3 atom stereocenters. The number of guanidine groups is 1. The van der Waals surface area contributed by atoms with Crippen LogP contribution < -0.4 is 10.6 Å². The van der Waals surface area contributed by atoms with Crippen LogP contribution in [0.1, 0.15) is 30.7 Å². The summed E-state index contributed by atoms with van der Waals surface area (Å²) in [7, 11) is 3.52. The third kappa shape index (κ3) is 3.64. The zero-order chi connectivity index (χ0) is 17.3. The van der Waals surface area contributed by atoms with Gasteiger partial charge in [-0.25, -0.2) is 4.39 Å². The Hall–Kier alpha value is -1.82. The van der Waals surface area contributed by atoms with Gasteiger partial charge < -0.3 is 15.5 Å². The highest BCUT2D eigenvalue weighted by molar-refractivity contribution is 6.31. The first-order chi connectivity index (χ1) is 11.5. The number of carbonyl (C=O) groups excluding carboxylic acids is 1. The van der Waals surface area contributed by atoms with Crippen molar-refractivity contribution in [2.75, 3.05) is 20.6 Å². The van der Waals surface area contributed by atoms with E-state index in [0.717, 1.165) is 12.8 Å². The smallest absolute Gasteiger partial charge is 0.222 e. The number of nitrogens with one attached hydrogen (secondary N) is 2. The van der Waals surface area contributed by atoms with Crippen molar-refractivity contribution in [3.63, 3.8) is 0 Å². The number of aliphatic imine (C=N–C) groups is 1. The molecule has 2 N–H and O–H groups in total. The van der Waals surface area contributed by atoms with Gasteiger partial charge in [-0.3, -0.25) is 9.79 Å². The van der Waals surface area contributed by atoms with Crippen LogP contribution in [0.3, 0.4) is 0 Å². The summed E-state index contributed by atoms with van der Waals surface area (Å²) in [5.74, 6) is 0.662. The average molecular weight is 353 g/mol. The number of likely N-dealkylation sites (N-methyl/N-ethyl adjacent to an activating group) is 1. The fraction of sp³-hybridized carbons (Fsp3) is 0.529. The molecule has 1 aliphatic carbocycles. The van der Waals surface area contributed by atoms with E-state index in [1.165, 1.54) is 6.07 Å². The molecule has 0 spiro atoms. The van der Waals surface area contributed by atoms with Gasteiger partial charge in [0.15, 0.2) is 5.96 Å². The van der Waals surface area contributed by atoms with Crippen molar-refractivity contribution in [1.29, 1.82) is 0 Å². The lowest BCUT2D eigenvalue weighted by Gasteiger charge is -2.31. The maximum absolute atomic E-state index is 14.0. The Morgan fingerprint density at radius 1 is 1.42 bits per heavy atom. The van der Waals surface area contributed by atoms with E-state index < -0.39 is 0 Å². The second-order valence-corrected chi connectivity index (χ2v) is 6.86. The van der Waals surface area contributed by atoms with Gasteiger partial charge in [0, 0.05) is 55.6 Å². The molecule has 24 heavy (non-hydrogen) atoms. The SMILES string of the molecule is CN=C(NC1CCC(=O)N(C)C1)NC1CC1c1c(F)cccc1Cl. The zero-order valence-corrected chi connectivity index (χ0v) is 14.6. The first-order valence-electron chi connectivity index (χ1n) is 8.17. The van der Waals surface area contributed by atoms with Crippen LogP contribution in [0.25, 0.3) is 0 Å². The second kappa shape index (κ2) is 6.97. The molecular formula is C17H22ClFN4O. The lowest BCUT2D eigenvalue weighted by molar-refractivity contribution is -0.132. The minimum Gasteiger partial charge on any atom is -0.353 e. The highest BCUT2D eigenvalue weighted by atomic mass is 35.5. The Labute approximate surface area is 146 Å². The van der Waals surface area contributed by atoms with Crippen molar-refractivity contribution in [3.8, 4) is 0 Å². The molecule has 5 nitrogen and oxygen atoms in total. The first kappa shape index (κ1) is 17.0. The number of hydrogen-bond acceptors (Lipinski definition) is 2. The third-order valence-corrected chi connectivity index (χ3v) is 5.00. The summed E-state index contributed by atoms with van der Waals surface area (Å²) in [4.78, 5) is 17.5. The van der Waals surface area contributed by atoms with Crippen LogP contribution in [0.4, 0.5) is 4.39 Å². The van der Waals surface area contributed by atoms with Gasteiger partial charge in [0.05, 0.1) is 0 Å². The Bertz CT molecular complexity index is 646. The van der Waals surface area contributed by atoms with Crippen molar-refractivity contribution >= 4 is 23.5 Å². The van der Waals surface area contributed by atoms with Gasteiger partial charge in [-0.2, -0.15) is 0 Å². The summed E-state index contributed by atoms with van der Waals surface area (Å²) in [5, 5.41) is 7.15. The van der Waals surface area contributed by atoms with Crippen molar-refractivity contribution < 1.29 is 9.18 Å².